The molecule has 0 aliphatic heterocycles. The van der Waals surface area contributed by atoms with Crippen LogP contribution in [0.25, 0.3) is 0 Å². The van der Waals surface area contributed by atoms with Gasteiger partial charge in [0.15, 0.2) is 0 Å². The highest BCUT2D eigenvalue weighted by molar-refractivity contribution is 4.95. The molecule has 0 amide bonds. The zero-order chi connectivity index (χ0) is 10.0. The van der Waals surface area contributed by atoms with Gasteiger partial charge in [-0.15, -0.1) is 5.10 Å². The summed E-state index contributed by atoms with van der Waals surface area (Å²) in [6, 6.07) is 0.449. The number of rotatable bonds is 3. The van der Waals surface area contributed by atoms with Crippen LogP contribution in [0, 0.1) is 0 Å². The molecule has 0 aromatic carbocycles. The van der Waals surface area contributed by atoms with E-state index in [0.717, 1.165) is 0 Å². The molecule has 0 saturated heterocycles. The molecule has 13 heavy (non-hydrogen) atoms. The lowest BCUT2D eigenvalue weighted by molar-refractivity contribution is 0.342. The van der Waals surface area contributed by atoms with Crippen LogP contribution in [0.4, 0.5) is 0 Å². The van der Waals surface area contributed by atoms with Crippen LogP contribution in [-0.4, -0.2) is 21.5 Å². The van der Waals surface area contributed by atoms with Crippen molar-refractivity contribution in [3.63, 3.8) is 0 Å². The molecule has 0 spiro atoms. The Labute approximate surface area is 76.9 Å². The van der Waals surface area contributed by atoms with Crippen LogP contribution < -0.4 is 10.4 Å². The molecule has 1 aromatic heterocycles. The summed E-state index contributed by atoms with van der Waals surface area (Å²) in [6.45, 7) is 6.28. The zero-order valence-electron chi connectivity index (χ0n) is 8.44. The molecule has 1 heterocycles. The highest BCUT2D eigenvalue weighted by Gasteiger charge is 2.14. The first-order valence-corrected chi connectivity index (χ1v) is 4.35. The summed E-state index contributed by atoms with van der Waals surface area (Å²) in [6.07, 6.45) is 0. The molecule has 0 aliphatic rings. The summed E-state index contributed by atoms with van der Waals surface area (Å²) in [7, 11) is 1.51. The highest BCUT2D eigenvalue weighted by Crippen LogP contribution is 2.09. The summed E-state index contributed by atoms with van der Waals surface area (Å²) < 4.78 is 7.92. The number of hydrogen-bond acceptors (Lipinski definition) is 3. The lowest BCUT2D eigenvalue weighted by atomic mass is 10.4. The largest absolute Gasteiger partial charge is 0.467 e. The molecule has 0 N–H and O–H groups in total. The number of aromatic nitrogens is 3. The fourth-order valence-corrected chi connectivity index (χ4v) is 1.19. The van der Waals surface area contributed by atoms with E-state index in [-0.39, 0.29) is 11.7 Å². The Morgan fingerprint density at radius 2 is 2.15 bits per heavy atom. The monoisotopic (exact) mass is 185 g/mol. The van der Waals surface area contributed by atoms with Crippen LogP contribution in [0.2, 0.25) is 0 Å². The van der Waals surface area contributed by atoms with E-state index in [2.05, 4.69) is 5.10 Å². The molecule has 0 radical (unpaired) electrons. The normalized spacial score (nSPS) is 10.8. The molecule has 0 atom stereocenters. The van der Waals surface area contributed by atoms with Crippen LogP contribution in [0.5, 0.6) is 6.01 Å². The van der Waals surface area contributed by atoms with Crippen LogP contribution >= 0.6 is 0 Å². The SMILES string of the molecule is CCn1nc(OC)n(C(C)C)c1=O. The third kappa shape index (κ3) is 1.59. The van der Waals surface area contributed by atoms with Gasteiger partial charge in [-0.25, -0.2) is 14.0 Å². The van der Waals surface area contributed by atoms with Crippen molar-refractivity contribution < 1.29 is 4.74 Å². The quantitative estimate of drug-likeness (QED) is 0.694. The fraction of sp³-hybridized carbons (Fsp3) is 0.750. The predicted octanol–water partition coefficient (Wildman–Crippen LogP) is 0.654. The molecule has 1 aromatic rings. The van der Waals surface area contributed by atoms with Crippen LogP contribution in [-0.2, 0) is 6.54 Å². The van der Waals surface area contributed by atoms with E-state index in [1.165, 1.54) is 16.4 Å². The number of aryl methyl sites for hydroxylation is 1. The van der Waals surface area contributed by atoms with Gasteiger partial charge in [0.2, 0.25) is 0 Å². The van der Waals surface area contributed by atoms with Gasteiger partial charge >= 0.3 is 11.7 Å². The van der Waals surface area contributed by atoms with Crippen molar-refractivity contribution in [2.24, 2.45) is 0 Å². The molecule has 0 unspecified atom stereocenters. The summed E-state index contributed by atoms with van der Waals surface area (Å²) in [5.74, 6) is 0. The second-order valence-corrected chi connectivity index (χ2v) is 3.05. The van der Waals surface area contributed by atoms with Crippen LogP contribution in [0.3, 0.4) is 0 Å². The van der Waals surface area contributed by atoms with Crippen molar-refractivity contribution in [3.05, 3.63) is 10.5 Å². The number of ether oxygens (including phenoxy) is 1. The maximum atomic E-state index is 11.6. The van der Waals surface area contributed by atoms with E-state index in [1.54, 1.807) is 0 Å². The van der Waals surface area contributed by atoms with E-state index < -0.39 is 0 Å². The van der Waals surface area contributed by atoms with Gasteiger partial charge in [-0.3, -0.25) is 0 Å². The average Bonchev–Trinajstić information content (AvgIpc) is 2.41. The minimum absolute atomic E-state index is 0.0720. The molecular weight excluding hydrogens is 170 g/mol. The first kappa shape index (κ1) is 9.83. The number of hydrogen-bond donors (Lipinski definition) is 0. The average molecular weight is 185 g/mol. The Kier molecular flexibility index (Phi) is 2.75. The molecule has 5 heteroatoms. The van der Waals surface area contributed by atoms with Crippen molar-refractivity contribution in [1.82, 2.24) is 14.3 Å². The lowest BCUT2D eigenvalue weighted by Gasteiger charge is -2.06. The van der Waals surface area contributed by atoms with Crippen molar-refractivity contribution in [2.75, 3.05) is 7.11 Å². The van der Waals surface area contributed by atoms with Gasteiger partial charge in [0.05, 0.1) is 7.11 Å². The summed E-state index contributed by atoms with van der Waals surface area (Å²) in [5.41, 5.74) is -0.116. The minimum Gasteiger partial charge on any atom is -0.467 e. The maximum Gasteiger partial charge on any atom is 0.348 e. The highest BCUT2D eigenvalue weighted by atomic mass is 16.5. The summed E-state index contributed by atoms with van der Waals surface area (Å²) in [4.78, 5) is 11.6. The van der Waals surface area contributed by atoms with E-state index in [1.807, 2.05) is 20.8 Å². The van der Waals surface area contributed by atoms with Gasteiger partial charge in [0.25, 0.3) is 0 Å². The molecular formula is C8H15N3O2. The minimum atomic E-state index is -0.116. The summed E-state index contributed by atoms with van der Waals surface area (Å²) >= 11 is 0. The molecule has 0 bridgehead atoms. The lowest BCUT2D eigenvalue weighted by Crippen LogP contribution is -2.25. The molecule has 0 aliphatic carbocycles. The van der Waals surface area contributed by atoms with E-state index >= 15 is 0 Å². The Morgan fingerprint density at radius 3 is 2.46 bits per heavy atom. The predicted molar refractivity (Wildman–Crippen MR) is 49.1 cm³/mol. The second kappa shape index (κ2) is 3.64. The molecule has 74 valence electrons. The van der Waals surface area contributed by atoms with E-state index in [4.69, 9.17) is 4.74 Å². The third-order valence-corrected chi connectivity index (χ3v) is 1.84. The standard InChI is InChI=1S/C8H15N3O2/c1-5-10-8(12)11(6(2)3)7(9-10)13-4/h6H,5H2,1-4H3. The fourth-order valence-electron chi connectivity index (χ4n) is 1.19. The maximum absolute atomic E-state index is 11.6. The van der Waals surface area contributed by atoms with E-state index in [9.17, 15) is 4.79 Å². The van der Waals surface area contributed by atoms with Crippen molar-refractivity contribution in [1.29, 1.82) is 0 Å². The second-order valence-electron chi connectivity index (χ2n) is 3.05. The van der Waals surface area contributed by atoms with Crippen molar-refractivity contribution >= 4 is 0 Å². The Balaban J connectivity index is 3.29. The Morgan fingerprint density at radius 1 is 1.54 bits per heavy atom. The molecule has 5 nitrogen and oxygen atoms in total. The van der Waals surface area contributed by atoms with Gasteiger partial charge < -0.3 is 4.74 Å². The van der Waals surface area contributed by atoms with Gasteiger partial charge in [-0.1, -0.05) is 0 Å². The van der Waals surface area contributed by atoms with Gasteiger partial charge in [-0.05, 0) is 20.8 Å². The van der Waals surface area contributed by atoms with Gasteiger partial charge in [0.1, 0.15) is 0 Å². The number of nitrogens with zero attached hydrogens (tertiary/aromatic N) is 3. The molecule has 1 rings (SSSR count). The topological polar surface area (TPSA) is 49.0 Å². The Bertz CT molecular complexity index is 338. The third-order valence-electron chi connectivity index (χ3n) is 1.84. The zero-order valence-corrected chi connectivity index (χ0v) is 8.44. The van der Waals surface area contributed by atoms with Crippen molar-refractivity contribution in [2.45, 2.75) is 33.4 Å². The number of methoxy groups -OCH3 is 1. The van der Waals surface area contributed by atoms with Gasteiger partial charge in [0, 0.05) is 12.6 Å². The first-order chi connectivity index (χ1) is 6.11. The van der Waals surface area contributed by atoms with Crippen LogP contribution in [0.15, 0.2) is 4.79 Å². The van der Waals surface area contributed by atoms with Gasteiger partial charge in [-0.2, -0.15) is 0 Å². The smallest absolute Gasteiger partial charge is 0.348 e. The summed E-state index contributed by atoms with van der Waals surface area (Å²) in [5, 5.41) is 4.01. The van der Waals surface area contributed by atoms with Crippen molar-refractivity contribution in [3.8, 4) is 6.01 Å². The Hall–Kier alpha value is -1.26. The van der Waals surface area contributed by atoms with E-state index in [0.29, 0.717) is 12.6 Å². The molecule has 0 fully saturated rings. The molecule has 0 saturated carbocycles. The first-order valence-electron chi connectivity index (χ1n) is 4.35. The van der Waals surface area contributed by atoms with Crippen LogP contribution in [0.1, 0.15) is 26.8 Å².